The number of carbonyl (C=O) groups excluding carboxylic acids is 1. The molecule has 5 heteroatoms. The summed E-state index contributed by atoms with van der Waals surface area (Å²) in [5.41, 5.74) is 3.52. The Morgan fingerprint density at radius 2 is 1.83 bits per heavy atom. The van der Waals surface area contributed by atoms with Crippen molar-refractivity contribution < 1.29 is 4.79 Å². The summed E-state index contributed by atoms with van der Waals surface area (Å²) < 4.78 is 0. The summed E-state index contributed by atoms with van der Waals surface area (Å²) >= 11 is 1.74. The van der Waals surface area contributed by atoms with Crippen molar-refractivity contribution in [1.82, 2.24) is 9.80 Å². The second-order valence-corrected chi connectivity index (χ2v) is 7.38. The molecule has 4 nitrogen and oxygen atoms in total. The molecule has 0 bridgehead atoms. The number of thiophene rings is 1. The van der Waals surface area contributed by atoms with Crippen molar-refractivity contribution in [1.29, 1.82) is 0 Å². The number of benzene rings is 1. The Hall–Kier alpha value is -1.85. The largest absolute Gasteiger partial charge is 0.322 e. The van der Waals surface area contributed by atoms with Gasteiger partial charge in [0.15, 0.2) is 0 Å². The molecule has 128 valence electrons. The van der Waals surface area contributed by atoms with Crippen LogP contribution in [0.4, 0.5) is 10.5 Å². The van der Waals surface area contributed by atoms with E-state index in [1.807, 2.05) is 17.0 Å². The van der Waals surface area contributed by atoms with Crippen molar-refractivity contribution in [3.05, 3.63) is 52.2 Å². The number of nitrogens with zero attached hydrogens (tertiary/aromatic N) is 2. The molecule has 0 atom stereocenters. The molecule has 1 saturated heterocycles. The van der Waals surface area contributed by atoms with Gasteiger partial charge in [0.1, 0.15) is 0 Å². The van der Waals surface area contributed by atoms with Gasteiger partial charge in [-0.15, -0.1) is 0 Å². The SMILES string of the molecule is CC(C)c1ccc(NC(=O)N2CCN(Cc3ccsc3)CC2)cc1. The number of rotatable bonds is 4. The normalized spacial score (nSPS) is 15.7. The first-order valence-electron chi connectivity index (χ1n) is 8.51. The third-order valence-electron chi connectivity index (χ3n) is 4.47. The molecule has 0 spiro atoms. The van der Waals surface area contributed by atoms with Gasteiger partial charge in [-0.2, -0.15) is 11.3 Å². The van der Waals surface area contributed by atoms with Gasteiger partial charge in [-0.05, 0) is 46.0 Å². The number of anilines is 1. The van der Waals surface area contributed by atoms with Crippen molar-refractivity contribution in [2.45, 2.75) is 26.3 Å². The van der Waals surface area contributed by atoms with E-state index in [1.54, 1.807) is 11.3 Å². The van der Waals surface area contributed by atoms with Crippen molar-refractivity contribution in [2.24, 2.45) is 0 Å². The Labute approximate surface area is 148 Å². The number of hydrogen-bond donors (Lipinski definition) is 1. The Bertz CT molecular complexity index is 644. The molecular formula is C19H25N3OS. The number of nitrogens with one attached hydrogen (secondary N) is 1. The first-order chi connectivity index (χ1) is 11.6. The van der Waals surface area contributed by atoms with E-state index in [0.29, 0.717) is 5.92 Å². The summed E-state index contributed by atoms with van der Waals surface area (Å²) in [6, 6.07) is 10.3. The third kappa shape index (κ3) is 4.36. The number of carbonyl (C=O) groups is 1. The van der Waals surface area contributed by atoms with E-state index >= 15 is 0 Å². The molecule has 1 N–H and O–H groups in total. The van der Waals surface area contributed by atoms with Gasteiger partial charge in [0.2, 0.25) is 0 Å². The molecule has 1 fully saturated rings. The molecule has 1 aromatic heterocycles. The number of piperazine rings is 1. The van der Waals surface area contributed by atoms with Gasteiger partial charge in [0.25, 0.3) is 0 Å². The maximum Gasteiger partial charge on any atom is 0.321 e. The molecule has 1 aliphatic heterocycles. The lowest BCUT2D eigenvalue weighted by atomic mass is 10.0. The second kappa shape index (κ2) is 7.81. The Morgan fingerprint density at radius 1 is 1.12 bits per heavy atom. The Kier molecular flexibility index (Phi) is 5.53. The van der Waals surface area contributed by atoms with E-state index in [1.165, 1.54) is 11.1 Å². The molecule has 0 radical (unpaired) electrons. The summed E-state index contributed by atoms with van der Waals surface area (Å²) in [5, 5.41) is 7.32. The summed E-state index contributed by atoms with van der Waals surface area (Å²) in [6.45, 7) is 8.73. The highest BCUT2D eigenvalue weighted by molar-refractivity contribution is 7.07. The van der Waals surface area contributed by atoms with Gasteiger partial charge in [-0.25, -0.2) is 4.79 Å². The average molecular weight is 343 g/mol. The van der Waals surface area contributed by atoms with Gasteiger partial charge in [0, 0.05) is 38.4 Å². The maximum atomic E-state index is 12.4. The molecule has 2 heterocycles. The van der Waals surface area contributed by atoms with Gasteiger partial charge in [-0.1, -0.05) is 26.0 Å². The zero-order valence-corrected chi connectivity index (χ0v) is 15.2. The molecular weight excluding hydrogens is 318 g/mol. The fraction of sp³-hybridized carbons (Fsp3) is 0.421. The molecule has 24 heavy (non-hydrogen) atoms. The number of hydrogen-bond acceptors (Lipinski definition) is 3. The highest BCUT2D eigenvalue weighted by Gasteiger charge is 2.21. The summed E-state index contributed by atoms with van der Waals surface area (Å²) in [7, 11) is 0. The molecule has 1 aliphatic rings. The molecule has 2 aromatic rings. The third-order valence-corrected chi connectivity index (χ3v) is 5.21. The van der Waals surface area contributed by atoms with E-state index in [-0.39, 0.29) is 6.03 Å². The van der Waals surface area contributed by atoms with Gasteiger partial charge >= 0.3 is 6.03 Å². The van der Waals surface area contributed by atoms with Crippen LogP contribution in [0.3, 0.4) is 0 Å². The minimum Gasteiger partial charge on any atom is -0.322 e. The molecule has 2 amide bonds. The van der Waals surface area contributed by atoms with Crippen LogP contribution in [0.5, 0.6) is 0 Å². The van der Waals surface area contributed by atoms with E-state index < -0.39 is 0 Å². The van der Waals surface area contributed by atoms with Crippen LogP contribution in [0.2, 0.25) is 0 Å². The zero-order valence-electron chi connectivity index (χ0n) is 14.4. The quantitative estimate of drug-likeness (QED) is 0.902. The van der Waals surface area contributed by atoms with Crippen molar-refractivity contribution in [3.63, 3.8) is 0 Å². The van der Waals surface area contributed by atoms with Crippen LogP contribution in [0.15, 0.2) is 41.1 Å². The predicted octanol–water partition coefficient (Wildman–Crippen LogP) is 4.22. The molecule has 3 rings (SSSR count). The van der Waals surface area contributed by atoms with Crippen LogP contribution < -0.4 is 5.32 Å². The number of urea groups is 1. The first-order valence-corrected chi connectivity index (χ1v) is 9.45. The Morgan fingerprint density at radius 3 is 2.42 bits per heavy atom. The first kappa shape index (κ1) is 17.0. The van der Waals surface area contributed by atoms with Gasteiger partial charge in [-0.3, -0.25) is 4.90 Å². The minimum absolute atomic E-state index is 0.00230. The smallest absolute Gasteiger partial charge is 0.321 e. The van der Waals surface area contributed by atoms with Crippen LogP contribution in [0.1, 0.15) is 30.9 Å². The fourth-order valence-electron chi connectivity index (χ4n) is 2.90. The maximum absolute atomic E-state index is 12.4. The van der Waals surface area contributed by atoms with Crippen molar-refractivity contribution in [3.8, 4) is 0 Å². The summed E-state index contributed by atoms with van der Waals surface area (Å²) in [6.07, 6.45) is 0. The molecule has 0 aliphatic carbocycles. The van der Waals surface area contributed by atoms with Crippen LogP contribution in [0, 0.1) is 0 Å². The Balaban J connectivity index is 1.48. The lowest BCUT2D eigenvalue weighted by Crippen LogP contribution is -2.49. The zero-order chi connectivity index (χ0) is 16.9. The standard InChI is InChI=1S/C19H25N3OS/c1-15(2)17-3-5-18(6-4-17)20-19(23)22-10-8-21(9-11-22)13-16-7-12-24-14-16/h3-7,12,14-15H,8-11,13H2,1-2H3,(H,20,23). The minimum atomic E-state index is 0.00230. The van der Waals surface area contributed by atoms with Gasteiger partial charge in [0.05, 0.1) is 0 Å². The molecule has 1 aromatic carbocycles. The topological polar surface area (TPSA) is 35.6 Å². The van der Waals surface area contributed by atoms with Gasteiger partial charge < -0.3 is 10.2 Å². The predicted molar refractivity (Wildman–Crippen MR) is 101 cm³/mol. The lowest BCUT2D eigenvalue weighted by molar-refractivity contribution is 0.143. The molecule has 0 saturated carbocycles. The fourth-order valence-corrected chi connectivity index (χ4v) is 3.56. The van der Waals surface area contributed by atoms with Crippen molar-refractivity contribution >= 4 is 23.1 Å². The molecule has 0 unspecified atom stereocenters. The second-order valence-electron chi connectivity index (χ2n) is 6.60. The van der Waals surface area contributed by atoms with E-state index in [4.69, 9.17) is 0 Å². The van der Waals surface area contributed by atoms with Crippen LogP contribution in [-0.2, 0) is 6.54 Å². The van der Waals surface area contributed by atoms with Crippen LogP contribution in [0.25, 0.3) is 0 Å². The van der Waals surface area contributed by atoms with E-state index in [0.717, 1.165) is 38.4 Å². The highest BCUT2D eigenvalue weighted by atomic mass is 32.1. The number of amides is 2. The van der Waals surface area contributed by atoms with Crippen molar-refractivity contribution in [2.75, 3.05) is 31.5 Å². The average Bonchev–Trinajstić information content (AvgIpc) is 3.09. The van der Waals surface area contributed by atoms with Crippen LogP contribution in [-0.4, -0.2) is 42.0 Å². The lowest BCUT2D eigenvalue weighted by Gasteiger charge is -2.34. The summed E-state index contributed by atoms with van der Waals surface area (Å²) in [5.74, 6) is 0.506. The van der Waals surface area contributed by atoms with E-state index in [2.05, 4.69) is 53.0 Å². The summed E-state index contributed by atoms with van der Waals surface area (Å²) in [4.78, 5) is 16.7. The monoisotopic (exact) mass is 343 g/mol. The van der Waals surface area contributed by atoms with Crippen LogP contribution >= 0.6 is 11.3 Å². The highest BCUT2D eigenvalue weighted by Crippen LogP contribution is 2.18. The van der Waals surface area contributed by atoms with E-state index in [9.17, 15) is 4.79 Å².